The Morgan fingerprint density at radius 3 is 2.84 bits per heavy atom. The molecule has 1 N–H and O–H groups in total. The molecule has 0 aliphatic carbocycles. The second-order valence-corrected chi connectivity index (χ2v) is 7.25. The average molecular weight is 431 g/mol. The number of carbonyl (C=O) groups is 2. The van der Waals surface area contributed by atoms with Gasteiger partial charge in [0.1, 0.15) is 5.75 Å². The van der Waals surface area contributed by atoms with E-state index in [-0.39, 0.29) is 36.6 Å². The first-order chi connectivity index (χ1) is 15.1. The Morgan fingerprint density at radius 2 is 2.10 bits per heavy atom. The Kier molecular flexibility index (Phi) is 8.43. The molecule has 1 aromatic carbocycles. The molecule has 0 unspecified atom stereocenters. The molecule has 1 aliphatic rings. The zero-order valence-corrected chi connectivity index (χ0v) is 18.0. The SMILES string of the molecule is COCCN(CCC(=O)NC[C@H]1CCCO1)C(=O)c1cc(-c2ccccc2OC)on1. The molecule has 9 heteroatoms. The Labute approximate surface area is 181 Å². The highest BCUT2D eigenvalue weighted by Gasteiger charge is 2.22. The van der Waals surface area contributed by atoms with Crippen LogP contribution in [0.15, 0.2) is 34.9 Å². The van der Waals surface area contributed by atoms with Gasteiger partial charge in [0.05, 0.1) is 25.4 Å². The maximum absolute atomic E-state index is 13.0. The van der Waals surface area contributed by atoms with Crippen LogP contribution in [0.4, 0.5) is 0 Å². The second kappa shape index (κ2) is 11.5. The molecule has 0 radical (unpaired) electrons. The quantitative estimate of drug-likeness (QED) is 0.581. The molecule has 9 nitrogen and oxygen atoms in total. The van der Waals surface area contributed by atoms with Crippen LogP contribution in [0.5, 0.6) is 5.75 Å². The summed E-state index contributed by atoms with van der Waals surface area (Å²) in [7, 11) is 3.13. The number of ether oxygens (including phenoxy) is 3. The molecule has 2 heterocycles. The number of amides is 2. The lowest BCUT2D eigenvalue weighted by molar-refractivity contribution is -0.121. The molecule has 168 valence electrons. The third kappa shape index (κ3) is 6.28. The summed E-state index contributed by atoms with van der Waals surface area (Å²) in [5, 5.41) is 6.80. The van der Waals surface area contributed by atoms with Crippen LogP contribution >= 0.6 is 0 Å². The molecule has 2 amide bonds. The van der Waals surface area contributed by atoms with Gasteiger partial charge in [-0.3, -0.25) is 9.59 Å². The van der Waals surface area contributed by atoms with E-state index in [1.54, 1.807) is 31.3 Å². The smallest absolute Gasteiger partial charge is 0.276 e. The van der Waals surface area contributed by atoms with Crippen LogP contribution in [0.25, 0.3) is 11.3 Å². The van der Waals surface area contributed by atoms with E-state index in [1.807, 2.05) is 18.2 Å². The van der Waals surface area contributed by atoms with Gasteiger partial charge in [-0.2, -0.15) is 0 Å². The van der Waals surface area contributed by atoms with Crippen molar-refractivity contribution in [2.45, 2.75) is 25.4 Å². The van der Waals surface area contributed by atoms with Gasteiger partial charge in [-0.15, -0.1) is 0 Å². The van der Waals surface area contributed by atoms with Gasteiger partial charge in [0, 0.05) is 45.8 Å². The molecule has 2 aromatic rings. The third-order valence-electron chi connectivity index (χ3n) is 5.11. The largest absolute Gasteiger partial charge is 0.496 e. The number of para-hydroxylation sites is 1. The van der Waals surface area contributed by atoms with Crippen LogP contribution in [-0.4, -0.2) is 75.0 Å². The van der Waals surface area contributed by atoms with Crippen LogP contribution in [-0.2, 0) is 14.3 Å². The van der Waals surface area contributed by atoms with Crippen LogP contribution in [0.2, 0.25) is 0 Å². The Bertz CT molecular complexity index is 862. The summed E-state index contributed by atoms with van der Waals surface area (Å²) in [6.45, 7) is 2.17. The molecule has 1 saturated heterocycles. The lowest BCUT2D eigenvalue weighted by Crippen LogP contribution is -2.38. The van der Waals surface area contributed by atoms with Gasteiger partial charge in [0.2, 0.25) is 5.91 Å². The van der Waals surface area contributed by atoms with Gasteiger partial charge in [0.15, 0.2) is 11.5 Å². The Morgan fingerprint density at radius 1 is 1.26 bits per heavy atom. The summed E-state index contributed by atoms with van der Waals surface area (Å²) in [5.41, 5.74) is 0.866. The number of hydrogen-bond acceptors (Lipinski definition) is 7. The number of benzene rings is 1. The minimum absolute atomic E-state index is 0.0821. The number of methoxy groups -OCH3 is 2. The number of nitrogens with one attached hydrogen (secondary N) is 1. The summed E-state index contributed by atoms with van der Waals surface area (Å²) in [5.74, 6) is 0.605. The van der Waals surface area contributed by atoms with E-state index in [1.165, 1.54) is 0 Å². The Balaban J connectivity index is 1.61. The summed E-state index contributed by atoms with van der Waals surface area (Å²) < 4.78 is 21.4. The van der Waals surface area contributed by atoms with Crippen LogP contribution in [0.1, 0.15) is 29.8 Å². The van der Waals surface area contributed by atoms with Gasteiger partial charge < -0.3 is 29.0 Å². The molecule has 3 rings (SSSR count). The minimum atomic E-state index is -0.325. The standard InChI is InChI=1S/C22H29N3O6/c1-28-13-11-25(10-9-21(26)23-15-16-6-5-12-30-16)22(27)18-14-20(31-24-18)17-7-3-4-8-19(17)29-2/h3-4,7-8,14,16H,5-6,9-13,15H2,1-2H3,(H,23,26)/t16-/m1/s1. The van der Waals surface area contributed by atoms with E-state index in [2.05, 4.69) is 10.5 Å². The second-order valence-electron chi connectivity index (χ2n) is 7.25. The monoisotopic (exact) mass is 431 g/mol. The van der Waals surface area contributed by atoms with Crippen molar-refractivity contribution in [3.8, 4) is 17.1 Å². The number of nitrogens with zero attached hydrogens (tertiary/aromatic N) is 2. The van der Waals surface area contributed by atoms with Crippen LogP contribution < -0.4 is 10.1 Å². The minimum Gasteiger partial charge on any atom is -0.496 e. The zero-order chi connectivity index (χ0) is 22.1. The van der Waals surface area contributed by atoms with Crippen molar-refractivity contribution in [1.29, 1.82) is 0 Å². The number of rotatable bonds is 11. The lowest BCUT2D eigenvalue weighted by Gasteiger charge is -2.21. The molecule has 31 heavy (non-hydrogen) atoms. The van der Waals surface area contributed by atoms with Crippen molar-refractivity contribution in [3.05, 3.63) is 36.0 Å². The fraction of sp³-hybridized carbons (Fsp3) is 0.500. The molecule has 1 aromatic heterocycles. The van der Waals surface area contributed by atoms with Crippen molar-refractivity contribution >= 4 is 11.8 Å². The predicted octanol–water partition coefficient (Wildman–Crippen LogP) is 2.12. The van der Waals surface area contributed by atoms with Gasteiger partial charge in [-0.05, 0) is 25.0 Å². The van der Waals surface area contributed by atoms with E-state index in [0.29, 0.717) is 36.8 Å². The first-order valence-corrected chi connectivity index (χ1v) is 10.4. The van der Waals surface area contributed by atoms with Gasteiger partial charge in [-0.1, -0.05) is 17.3 Å². The van der Waals surface area contributed by atoms with Crippen LogP contribution in [0.3, 0.4) is 0 Å². The predicted molar refractivity (Wildman–Crippen MR) is 113 cm³/mol. The molecule has 1 atom stereocenters. The maximum Gasteiger partial charge on any atom is 0.276 e. The highest BCUT2D eigenvalue weighted by atomic mass is 16.5. The summed E-state index contributed by atoms with van der Waals surface area (Å²) >= 11 is 0. The summed E-state index contributed by atoms with van der Waals surface area (Å²) in [6.07, 6.45) is 2.24. The van der Waals surface area contributed by atoms with E-state index < -0.39 is 0 Å². The van der Waals surface area contributed by atoms with E-state index in [4.69, 9.17) is 18.7 Å². The molecule has 1 fully saturated rings. The first-order valence-electron chi connectivity index (χ1n) is 10.4. The normalized spacial score (nSPS) is 15.6. The van der Waals surface area contributed by atoms with Gasteiger partial charge >= 0.3 is 0 Å². The molecule has 0 saturated carbocycles. The third-order valence-corrected chi connectivity index (χ3v) is 5.11. The average Bonchev–Trinajstić information content (AvgIpc) is 3.49. The topological polar surface area (TPSA) is 103 Å². The van der Waals surface area contributed by atoms with Gasteiger partial charge in [-0.25, -0.2) is 0 Å². The number of hydrogen-bond donors (Lipinski definition) is 1. The van der Waals surface area contributed by atoms with Crippen molar-refractivity contribution in [3.63, 3.8) is 0 Å². The van der Waals surface area contributed by atoms with Crippen LogP contribution in [0, 0.1) is 0 Å². The van der Waals surface area contributed by atoms with E-state index >= 15 is 0 Å². The highest BCUT2D eigenvalue weighted by molar-refractivity contribution is 5.93. The van der Waals surface area contributed by atoms with Crippen molar-refractivity contribution in [2.24, 2.45) is 0 Å². The van der Waals surface area contributed by atoms with E-state index in [9.17, 15) is 9.59 Å². The number of aromatic nitrogens is 1. The fourth-order valence-electron chi connectivity index (χ4n) is 3.39. The van der Waals surface area contributed by atoms with Crippen molar-refractivity contribution in [1.82, 2.24) is 15.4 Å². The molecule has 1 aliphatic heterocycles. The molecular formula is C22H29N3O6. The van der Waals surface area contributed by atoms with Crippen molar-refractivity contribution in [2.75, 3.05) is 47.1 Å². The molecule has 0 bridgehead atoms. The lowest BCUT2D eigenvalue weighted by atomic mass is 10.1. The molecular weight excluding hydrogens is 402 g/mol. The Hall–Kier alpha value is -2.91. The van der Waals surface area contributed by atoms with Gasteiger partial charge in [0.25, 0.3) is 5.91 Å². The highest BCUT2D eigenvalue weighted by Crippen LogP contribution is 2.30. The zero-order valence-electron chi connectivity index (χ0n) is 18.0. The number of carbonyl (C=O) groups excluding carboxylic acids is 2. The maximum atomic E-state index is 13.0. The molecule has 0 spiro atoms. The summed E-state index contributed by atoms with van der Waals surface area (Å²) in [6, 6.07) is 8.91. The van der Waals surface area contributed by atoms with Crippen molar-refractivity contribution < 1.29 is 28.3 Å². The van der Waals surface area contributed by atoms with E-state index in [0.717, 1.165) is 19.4 Å². The summed E-state index contributed by atoms with van der Waals surface area (Å²) in [4.78, 5) is 26.7. The fourth-order valence-corrected chi connectivity index (χ4v) is 3.39. The first kappa shape index (κ1) is 22.8.